The smallest absolute Gasteiger partial charge is 0.357 e. The van der Waals surface area contributed by atoms with Crippen LogP contribution in [-0.2, 0) is 11.2 Å². The lowest BCUT2D eigenvalue weighted by Gasteiger charge is -2.17. The largest absolute Gasteiger partial charge is 0.492 e. The third-order valence-electron chi connectivity index (χ3n) is 6.00. The zero-order chi connectivity index (χ0) is 23.7. The van der Waals surface area contributed by atoms with Gasteiger partial charge in [0.1, 0.15) is 17.5 Å². The van der Waals surface area contributed by atoms with Crippen LogP contribution in [0.3, 0.4) is 0 Å². The molecule has 0 radical (unpaired) electrons. The van der Waals surface area contributed by atoms with Crippen LogP contribution >= 0.6 is 0 Å². The molecule has 1 unspecified atom stereocenters. The Hall–Kier alpha value is -2.36. The van der Waals surface area contributed by atoms with Gasteiger partial charge < -0.3 is 9.47 Å². The molecule has 2 rings (SSSR count). The maximum atomic E-state index is 12.6. The summed E-state index contributed by atoms with van der Waals surface area (Å²) < 4.78 is 11.4. The van der Waals surface area contributed by atoms with Crippen molar-refractivity contribution < 1.29 is 14.3 Å². The van der Waals surface area contributed by atoms with Gasteiger partial charge in [-0.3, -0.25) is 0 Å². The lowest BCUT2D eigenvalue weighted by molar-refractivity contribution is 0.0281. The Morgan fingerprint density at radius 2 is 1.48 bits per heavy atom. The molecule has 1 aromatic carbocycles. The normalized spacial score (nSPS) is 11.8. The number of esters is 1. The molecule has 0 fully saturated rings. The number of hydrogen-bond donors (Lipinski definition) is 0. The number of benzene rings is 1. The highest BCUT2D eigenvalue weighted by Crippen LogP contribution is 2.24. The molecule has 0 amide bonds. The first-order valence-electron chi connectivity index (χ1n) is 13.1. The Labute approximate surface area is 201 Å². The van der Waals surface area contributed by atoms with Crippen LogP contribution < -0.4 is 4.74 Å². The third-order valence-corrected chi connectivity index (χ3v) is 6.00. The quantitative estimate of drug-likeness (QED) is 0.179. The Morgan fingerprint density at radius 1 is 0.818 bits per heavy atom. The van der Waals surface area contributed by atoms with E-state index in [1.807, 2.05) is 6.92 Å². The van der Waals surface area contributed by atoms with Crippen molar-refractivity contribution in [2.75, 3.05) is 6.61 Å². The van der Waals surface area contributed by atoms with Gasteiger partial charge in [-0.05, 0) is 48.9 Å². The van der Waals surface area contributed by atoms with Crippen LogP contribution in [-0.4, -0.2) is 17.6 Å². The first kappa shape index (κ1) is 26.9. The van der Waals surface area contributed by atoms with Gasteiger partial charge in [0.15, 0.2) is 0 Å². The van der Waals surface area contributed by atoms with Gasteiger partial charge in [0, 0.05) is 0 Å². The number of hydrogen-bond acceptors (Lipinski definition) is 4. The minimum Gasteiger partial charge on any atom is -0.492 e. The maximum absolute atomic E-state index is 12.6. The average molecular weight is 454 g/mol. The van der Waals surface area contributed by atoms with E-state index in [2.05, 4.69) is 43.1 Å². The van der Waals surface area contributed by atoms with E-state index in [9.17, 15) is 4.79 Å². The maximum Gasteiger partial charge on any atom is 0.357 e. The van der Waals surface area contributed by atoms with E-state index in [-0.39, 0.29) is 6.10 Å². The molecule has 0 N–H and O–H groups in total. The highest BCUT2D eigenvalue weighted by molar-refractivity contribution is 5.87. The van der Waals surface area contributed by atoms with Crippen LogP contribution in [0.4, 0.5) is 0 Å². The molecule has 0 aliphatic rings. The van der Waals surface area contributed by atoms with Gasteiger partial charge in [0.25, 0.3) is 0 Å². The van der Waals surface area contributed by atoms with Crippen molar-refractivity contribution in [3.8, 4) is 5.75 Å². The van der Waals surface area contributed by atoms with Crippen molar-refractivity contribution in [3.63, 3.8) is 0 Å². The minimum atomic E-state index is -0.398. The van der Waals surface area contributed by atoms with Crippen LogP contribution in [0.2, 0.25) is 0 Å². The lowest BCUT2D eigenvalue weighted by atomic mass is 10.0. The standard InChI is InChI=1S/C29H43NO3/c1-4-7-9-10-11-12-13-14-15-24-16-18-25(19-17-24)28(6-3)33-29(31)27-21-20-26(23-30-27)32-22-8-5-2/h16-21,23,28H,4-15,22H2,1-3H3. The molecule has 0 saturated heterocycles. The molecule has 1 atom stereocenters. The second kappa shape index (κ2) is 16.3. The molecule has 0 bridgehead atoms. The summed E-state index contributed by atoms with van der Waals surface area (Å²) in [6.07, 6.45) is 15.9. The molecule has 1 heterocycles. The Balaban J connectivity index is 1.77. The van der Waals surface area contributed by atoms with Crippen LogP contribution in [0, 0.1) is 0 Å². The van der Waals surface area contributed by atoms with Gasteiger partial charge in [-0.2, -0.15) is 0 Å². The molecule has 182 valence electrons. The number of carbonyl (C=O) groups excluding carboxylic acids is 1. The Bertz CT molecular complexity index is 770. The van der Waals surface area contributed by atoms with Gasteiger partial charge in [-0.1, -0.05) is 96.4 Å². The summed E-state index contributed by atoms with van der Waals surface area (Å²) in [5.74, 6) is 0.282. The number of aromatic nitrogens is 1. The van der Waals surface area contributed by atoms with E-state index < -0.39 is 5.97 Å². The van der Waals surface area contributed by atoms with Crippen LogP contribution in [0.25, 0.3) is 0 Å². The fourth-order valence-electron chi connectivity index (χ4n) is 3.86. The molecule has 0 spiro atoms. The first-order valence-corrected chi connectivity index (χ1v) is 13.1. The van der Waals surface area contributed by atoms with Gasteiger partial charge in [0.05, 0.1) is 12.8 Å². The SMILES string of the molecule is CCCCCCCCCCc1ccc(C(CC)OC(=O)c2ccc(OCCCC)cn2)cc1. The van der Waals surface area contributed by atoms with Crippen LogP contribution in [0.5, 0.6) is 5.75 Å². The van der Waals surface area contributed by atoms with Crippen molar-refractivity contribution in [3.05, 3.63) is 59.4 Å². The molecule has 1 aromatic heterocycles. The average Bonchev–Trinajstić information content (AvgIpc) is 2.85. The molecule has 0 aliphatic heterocycles. The minimum absolute atomic E-state index is 0.267. The molecule has 2 aromatic rings. The first-order chi connectivity index (χ1) is 16.2. The molecular weight excluding hydrogens is 410 g/mol. The molecule has 0 aliphatic carbocycles. The molecule has 0 saturated carbocycles. The number of aryl methyl sites for hydroxylation is 1. The summed E-state index contributed by atoms with van der Waals surface area (Å²) in [5, 5.41) is 0. The van der Waals surface area contributed by atoms with Crippen molar-refractivity contribution in [1.82, 2.24) is 4.98 Å². The van der Waals surface area contributed by atoms with Crippen molar-refractivity contribution >= 4 is 5.97 Å². The summed E-state index contributed by atoms with van der Waals surface area (Å²) >= 11 is 0. The summed E-state index contributed by atoms with van der Waals surface area (Å²) in [6, 6.07) is 12.0. The van der Waals surface area contributed by atoms with Crippen LogP contribution in [0.15, 0.2) is 42.6 Å². The number of nitrogens with zero attached hydrogens (tertiary/aromatic N) is 1. The predicted octanol–water partition coefficient (Wildman–Crippen LogP) is 8.25. The number of pyridine rings is 1. The summed E-state index contributed by atoms with van der Waals surface area (Å²) in [6.45, 7) is 7.08. The fraction of sp³-hybridized carbons (Fsp3) is 0.586. The summed E-state index contributed by atoms with van der Waals surface area (Å²) in [7, 11) is 0. The van der Waals surface area contributed by atoms with E-state index in [1.54, 1.807) is 18.3 Å². The second-order valence-electron chi connectivity index (χ2n) is 8.85. The van der Waals surface area contributed by atoms with E-state index in [0.29, 0.717) is 18.1 Å². The van der Waals surface area contributed by atoms with Crippen molar-refractivity contribution in [2.45, 2.75) is 104 Å². The van der Waals surface area contributed by atoms with E-state index in [1.165, 1.54) is 56.9 Å². The zero-order valence-electron chi connectivity index (χ0n) is 21.0. The second-order valence-corrected chi connectivity index (χ2v) is 8.85. The van der Waals surface area contributed by atoms with Crippen LogP contribution in [0.1, 0.15) is 119 Å². The zero-order valence-corrected chi connectivity index (χ0v) is 21.0. The van der Waals surface area contributed by atoms with Gasteiger partial charge in [-0.15, -0.1) is 0 Å². The van der Waals surface area contributed by atoms with Crippen molar-refractivity contribution in [1.29, 1.82) is 0 Å². The van der Waals surface area contributed by atoms with E-state index in [0.717, 1.165) is 31.2 Å². The Morgan fingerprint density at radius 3 is 2.09 bits per heavy atom. The van der Waals surface area contributed by atoms with Gasteiger partial charge in [0.2, 0.25) is 0 Å². The van der Waals surface area contributed by atoms with E-state index >= 15 is 0 Å². The molecule has 4 nitrogen and oxygen atoms in total. The monoisotopic (exact) mass is 453 g/mol. The highest BCUT2D eigenvalue weighted by Gasteiger charge is 2.17. The van der Waals surface area contributed by atoms with E-state index in [4.69, 9.17) is 9.47 Å². The number of rotatable bonds is 17. The highest BCUT2D eigenvalue weighted by atomic mass is 16.5. The van der Waals surface area contributed by atoms with Gasteiger partial charge >= 0.3 is 5.97 Å². The van der Waals surface area contributed by atoms with Gasteiger partial charge in [-0.25, -0.2) is 9.78 Å². The molecule has 33 heavy (non-hydrogen) atoms. The number of ether oxygens (including phenoxy) is 2. The topological polar surface area (TPSA) is 48.4 Å². The summed E-state index contributed by atoms with van der Waals surface area (Å²) in [4.78, 5) is 16.8. The Kier molecular flexibility index (Phi) is 13.3. The third kappa shape index (κ3) is 10.4. The number of carbonyl (C=O) groups is 1. The molecular formula is C29H43NO3. The molecule has 4 heteroatoms. The number of unbranched alkanes of at least 4 members (excludes halogenated alkanes) is 8. The van der Waals surface area contributed by atoms with Crippen molar-refractivity contribution in [2.24, 2.45) is 0 Å². The predicted molar refractivity (Wildman–Crippen MR) is 136 cm³/mol. The lowest BCUT2D eigenvalue weighted by Crippen LogP contribution is -2.12. The fourth-order valence-corrected chi connectivity index (χ4v) is 3.86. The summed E-state index contributed by atoms with van der Waals surface area (Å²) in [5.41, 5.74) is 2.69.